The molecule has 0 saturated heterocycles. The number of hydrogen-bond donors (Lipinski definition) is 0. The van der Waals surface area contributed by atoms with Crippen LogP contribution in [0.15, 0.2) is 58.5 Å². The average Bonchev–Trinajstić information content (AvgIpc) is 3.17. The van der Waals surface area contributed by atoms with Crippen LogP contribution in [0, 0.1) is 11.8 Å². The predicted octanol–water partition coefficient (Wildman–Crippen LogP) is 16.6. The van der Waals surface area contributed by atoms with E-state index in [0.717, 1.165) is 54.9 Å². The second-order valence-electron chi connectivity index (χ2n) is 15.4. The van der Waals surface area contributed by atoms with Gasteiger partial charge < -0.3 is 0 Å². The van der Waals surface area contributed by atoms with E-state index in [4.69, 9.17) is 9.98 Å². The van der Waals surface area contributed by atoms with Gasteiger partial charge in [0, 0.05) is 22.9 Å². The normalized spacial score (nSPS) is 11.7. The summed E-state index contributed by atoms with van der Waals surface area (Å²) in [5, 5.41) is 0. The molecule has 0 aliphatic carbocycles. The molecule has 0 saturated carbocycles. The summed E-state index contributed by atoms with van der Waals surface area (Å²) in [6, 6.07) is 17.6. The monoisotopic (exact) mass is 767 g/mol. The summed E-state index contributed by atoms with van der Waals surface area (Å²) >= 11 is 0. The van der Waals surface area contributed by atoms with Gasteiger partial charge in [-0.05, 0) is 86.3 Å². The van der Waals surface area contributed by atoms with Crippen molar-refractivity contribution in [1.82, 2.24) is 0 Å². The minimum absolute atomic E-state index is 0. The van der Waals surface area contributed by atoms with Crippen LogP contribution >= 0.6 is 0 Å². The Kier molecular flexibility index (Phi) is 32.8. The molecule has 0 N–H and O–H groups in total. The van der Waals surface area contributed by atoms with E-state index < -0.39 is 0 Å². The first-order chi connectivity index (χ1) is 25.7. The van der Waals surface area contributed by atoms with E-state index in [2.05, 4.69) is 88.1 Å². The summed E-state index contributed by atoms with van der Waals surface area (Å²) in [6.07, 6.45) is 39.2. The summed E-state index contributed by atoms with van der Waals surface area (Å²) in [5.41, 5.74) is 6.65. The van der Waals surface area contributed by atoms with E-state index in [1.54, 1.807) is 0 Å². The van der Waals surface area contributed by atoms with Crippen LogP contribution in [0.2, 0.25) is 0 Å². The van der Waals surface area contributed by atoms with Gasteiger partial charge in [-0.25, -0.2) is 4.99 Å². The number of unbranched alkanes of at least 4 members (excludes halogenated alkanes) is 23. The molecular formula is C50H80N2Ni. The third kappa shape index (κ3) is 26.3. The summed E-state index contributed by atoms with van der Waals surface area (Å²) in [4.78, 5) is 10.3. The van der Waals surface area contributed by atoms with Crippen molar-refractivity contribution in [3.8, 4) is 11.8 Å². The molecule has 0 aliphatic rings. The molecule has 0 unspecified atom stereocenters. The van der Waals surface area contributed by atoms with Gasteiger partial charge in [0.25, 0.3) is 0 Å². The van der Waals surface area contributed by atoms with Gasteiger partial charge in [-0.2, -0.15) is 0 Å². The zero-order valence-electron chi connectivity index (χ0n) is 35.0. The molecule has 0 atom stereocenters. The van der Waals surface area contributed by atoms with Gasteiger partial charge in [-0.1, -0.05) is 199 Å². The average molecular weight is 768 g/mol. The van der Waals surface area contributed by atoms with E-state index in [1.165, 1.54) is 172 Å². The van der Waals surface area contributed by atoms with Crippen molar-refractivity contribution in [3.63, 3.8) is 0 Å². The number of hydrogen-bond acceptors (Lipinski definition) is 2. The van der Waals surface area contributed by atoms with Gasteiger partial charge in [-0.15, -0.1) is 0 Å². The Labute approximate surface area is 339 Å². The minimum atomic E-state index is 0. The van der Waals surface area contributed by atoms with Gasteiger partial charge in [-0.3, -0.25) is 4.99 Å². The predicted molar refractivity (Wildman–Crippen MR) is 234 cm³/mol. The quantitative estimate of drug-likeness (QED) is 0.0307. The fraction of sp³-hybridized carbons (Fsp3) is 0.680. The van der Waals surface area contributed by atoms with Crippen molar-refractivity contribution in [2.24, 2.45) is 9.98 Å². The molecule has 3 heteroatoms. The fourth-order valence-corrected chi connectivity index (χ4v) is 6.89. The maximum Gasteiger partial charge on any atom is 0.135 e. The first-order valence-electron chi connectivity index (χ1n) is 22.5. The first-order valence-corrected chi connectivity index (χ1v) is 22.5. The molecule has 2 nitrogen and oxygen atoms in total. The molecular weight excluding hydrogens is 687 g/mol. The molecule has 0 radical (unpaired) electrons. The minimum Gasteiger partial charge on any atom is -0.251 e. The Hall–Kier alpha value is -2.17. The van der Waals surface area contributed by atoms with Crippen LogP contribution in [0.1, 0.15) is 219 Å². The van der Waals surface area contributed by atoms with Crippen LogP contribution < -0.4 is 0 Å². The molecule has 300 valence electrons. The number of aryl methyl sites for hydroxylation is 2. The van der Waals surface area contributed by atoms with Crippen LogP contribution in [-0.4, -0.2) is 11.4 Å². The molecule has 0 amide bonds. The molecule has 2 rings (SSSR count). The van der Waals surface area contributed by atoms with Crippen molar-refractivity contribution in [2.75, 3.05) is 0 Å². The molecule has 0 aromatic heterocycles. The molecule has 0 spiro atoms. The van der Waals surface area contributed by atoms with Crippen molar-refractivity contribution >= 4 is 22.8 Å². The largest absolute Gasteiger partial charge is 0.251 e. The molecule has 2 aromatic carbocycles. The second-order valence-corrected chi connectivity index (χ2v) is 15.4. The van der Waals surface area contributed by atoms with E-state index >= 15 is 0 Å². The van der Waals surface area contributed by atoms with Crippen LogP contribution in [0.3, 0.4) is 0 Å². The standard InChI is InChI=1S/C50H80N2.Ni/c1-5-9-13-14-15-16-17-18-19-20-21-22-23-24-25-26-27-28-29-30-32-36-50(52-48-43-39-46(40-44-48)34-12-8-4)49(35-31-10-6-2)51-47-41-37-45(38-42-47)33-11-7-3;/h37-44H,5-31,33-35H2,1-4H3;/b51-49+,52-50+;. The van der Waals surface area contributed by atoms with E-state index in [9.17, 15) is 0 Å². The number of nitrogens with zero attached hydrogens (tertiary/aromatic N) is 2. The van der Waals surface area contributed by atoms with Gasteiger partial charge >= 0.3 is 0 Å². The third-order valence-electron chi connectivity index (χ3n) is 10.4. The smallest absolute Gasteiger partial charge is 0.135 e. The Bertz CT molecular complexity index is 1230. The van der Waals surface area contributed by atoms with Gasteiger partial charge in [0.1, 0.15) is 5.71 Å². The molecule has 0 aliphatic heterocycles. The number of benzene rings is 2. The molecule has 53 heavy (non-hydrogen) atoms. The van der Waals surface area contributed by atoms with E-state index in [0.29, 0.717) is 0 Å². The Morgan fingerprint density at radius 2 is 0.774 bits per heavy atom. The Morgan fingerprint density at radius 1 is 0.415 bits per heavy atom. The maximum atomic E-state index is 5.20. The fourth-order valence-electron chi connectivity index (χ4n) is 6.89. The number of aliphatic imine (C=N–C) groups is 2. The Balaban J connectivity index is 0.0000140. The van der Waals surface area contributed by atoms with Crippen molar-refractivity contribution in [1.29, 1.82) is 0 Å². The summed E-state index contributed by atoms with van der Waals surface area (Å²) < 4.78 is 0. The molecule has 2 aromatic rings. The number of rotatable bonds is 32. The van der Waals surface area contributed by atoms with E-state index in [1.807, 2.05) is 0 Å². The third-order valence-corrected chi connectivity index (χ3v) is 10.4. The SMILES string of the molecule is CCCCCCCCCCCCCCCCCCCCCC#CC(=N\c1ccc(CCCC)cc1)/C(CCCCC)=N/c1ccc(CCCC)cc1.[Ni]. The van der Waals surface area contributed by atoms with Crippen molar-refractivity contribution in [2.45, 2.75) is 220 Å². The zero-order valence-corrected chi connectivity index (χ0v) is 36.0. The first kappa shape index (κ1) is 48.9. The van der Waals surface area contributed by atoms with Crippen LogP contribution in [-0.2, 0) is 29.3 Å². The Morgan fingerprint density at radius 3 is 1.19 bits per heavy atom. The summed E-state index contributed by atoms with van der Waals surface area (Å²) in [6.45, 7) is 9.07. The van der Waals surface area contributed by atoms with Crippen molar-refractivity contribution in [3.05, 3.63) is 59.7 Å². The molecule has 0 fully saturated rings. The molecule has 0 heterocycles. The van der Waals surface area contributed by atoms with Crippen LogP contribution in [0.4, 0.5) is 11.4 Å². The van der Waals surface area contributed by atoms with Gasteiger partial charge in [0.15, 0.2) is 0 Å². The molecule has 0 bridgehead atoms. The summed E-state index contributed by atoms with van der Waals surface area (Å²) in [7, 11) is 0. The topological polar surface area (TPSA) is 24.7 Å². The maximum absolute atomic E-state index is 5.20. The van der Waals surface area contributed by atoms with Crippen LogP contribution in [0.25, 0.3) is 0 Å². The van der Waals surface area contributed by atoms with Gasteiger partial charge in [0.2, 0.25) is 0 Å². The van der Waals surface area contributed by atoms with Crippen molar-refractivity contribution < 1.29 is 16.5 Å². The van der Waals surface area contributed by atoms with E-state index in [-0.39, 0.29) is 16.5 Å². The second kappa shape index (κ2) is 35.5. The summed E-state index contributed by atoms with van der Waals surface area (Å²) in [5.74, 6) is 7.06. The zero-order chi connectivity index (χ0) is 37.2. The van der Waals surface area contributed by atoms with Crippen LogP contribution in [0.5, 0.6) is 0 Å². The van der Waals surface area contributed by atoms with Gasteiger partial charge in [0.05, 0.1) is 17.1 Å².